The molecular formula is C13H21N3O2. The van der Waals surface area contributed by atoms with Gasteiger partial charge in [-0.05, 0) is 25.5 Å². The molecule has 0 bridgehead atoms. The minimum Gasteiger partial charge on any atom is -0.479 e. The number of aromatic nitrogens is 1. The third-order valence-corrected chi connectivity index (χ3v) is 3.30. The van der Waals surface area contributed by atoms with Gasteiger partial charge in [-0.1, -0.05) is 6.92 Å². The smallest absolute Gasteiger partial charge is 0.238 e. The van der Waals surface area contributed by atoms with Crippen LogP contribution < -0.4 is 15.4 Å². The van der Waals surface area contributed by atoms with E-state index in [1.807, 2.05) is 12.1 Å². The van der Waals surface area contributed by atoms with Crippen LogP contribution in [0.5, 0.6) is 5.88 Å². The third kappa shape index (κ3) is 2.51. The molecule has 0 amide bonds. The molecular weight excluding hydrogens is 230 g/mol. The molecule has 0 aromatic carbocycles. The maximum Gasteiger partial charge on any atom is 0.238 e. The van der Waals surface area contributed by atoms with Crippen molar-refractivity contribution in [2.45, 2.75) is 32.4 Å². The van der Waals surface area contributed by atoms with Crippen LogP contribution in [-0.2, 0) is 4.74 Å². The van der Waals surface area contributed by atoms with E-state index in [1.54, 1.807) is 7.11 Å². The third-order valence-electron chi connectivity index (χ3n) is 3.30. The highest BCUT2D eigenvalue weighted by atomic mass is 16.5. The van der Waals surface area contributed by atoms with Crippen LogP contribution in [0.4, 0.5) is 11.5 Å². The predicted octanol–water partition coefficient (Wildman–Crippen LogP) is 1.68. The largest absolute Gasteiger partial charge is 0.479 e. The molecule has 2 N–H and O–H groups in total. The average molecular weight is 251 g/mol. The van der Waals surface area contributed by atoms with Gasteiger partial charge in [0.05, 0.1) is 31.5 Å². The van der Waals surface area contributed by atoms with Gasteiger partial charge in [0.1, 0.15) is 5.82 Å². The number of hydrogen-bond acceptors (Lipinski definition) is 5. The van der Waals surface area contributed by atoms with Crippen molar-refractivity contribution in [3.63, 3.8) is 0 Å². The average Bonchev–Trinajstić information content (AvgIpc) is 2.39. The minimum absolute atomic E-state index is 0.221. The van der Waals surface area contributed by atoms with Crippen LogP contribution in [0.2, 0.25) is 0 Å². The van der Waals surface area contributed by atoms with Gasteiger partial charge in [0.25, 0.3) is 0 Å². The topological polar surface area (TPSA) is 60.6 Å². The standard InChI is InChI=1S/C13H21N3O2/c1-4-10-8-18-9(2)7-16(10)12-6-5-11(14)13(15-12)17-3/h5-6,9-10H,4,7-8,14H2,1-3H3. The van der Waals surface area contributed by atoms with Gasteiger partial charge < -0.3 is 20.1 Å². The number of nitrogens with two attached hydrogens (primary N) is 1. The molecule has 1 aliphatic heterocycles. The van der Waals surface area contributed by atoms with Crippen LogP contribution in [0.15, 0.2) is 12.1 Å². The number of ether oxygens (including phenoxy) is 2. The van der Waals surface area contributed by atoms with Crippen molar-refractivity contribution in [2.24, 2.45) is 0 Å². The number of pyridine rings is 1. The quantitative estimate of drug-likeness (QED) is 0.885. The fourth-order valence-corrected chi connectivity index (χ4v) is 2.23. The van der Waals surface area contributed by atoms with Gasteiger partial charge in [-0.3, -0.25) is 0 Å². The summed E-state index contributed by atoms with van der Waals surface area (Å²) in [5.41, 5.74) is 6.36. The van der Waals surface area contributed by atoms with E-state index in [2.05, 4.69) is 23.7 Å². The second kappa shape index (κ2) is 5.44. The number of morpholine rings is 1. The Labute approximate surface area is 108 Å². The maximum atomic E-state index is 5.79. The van der Waals surface area contributed by atoms with E-state index in [1.165, 1.54) is 0 Å². The Hall–Kier alpha value is -1.49. The zero-order chi connectivity index (χ0) is 13.1. The van der Waals surface area contributed by atoms with Crippen molar-refractivity contribution in [2.75, 3.05) is 30.9 Å². The molecule has 2 heterocycles. The molecule has 5 heteroatoms. The maximum absolute atomic E-state index is 5.79. The second-order valence-corrected chi connectivity index (χ2v) is 4.63. The summed E-state index contributed by atoms with van der Waals surface area (Å²) >= 11 is 0. The lowest BCUT2D eigenvalue weighted by Gasteiger charge is -2.39. The fraction of sp³-hybridized carbons (Fsp3) is 0.615. The first-order valence-corrected chi connectivity index (χ1v) is 6.34. The summed E-state index contributed by atoms with van der Waals surface area (Å²) in [6.07, 6.45) is 1.25. The summed E-state index contributed by atoms with van der Waals surface area (Å²) in [5, 5.41) is 0. The highest BCUT2D eigenvalue weighted by molar-refractivity contribution is 5.55. The molecule has 2 unspecified atom stereocenters. The fourth-order valence-electron chi connectivity index (χ4n) is 2.23. The Balaban J connectivity index is 2.27. The van der Waals surface area contributed by atoms with Gasteiger partial charge in [0.2, 0.25) is 5.88 Å². The van der Waals surface area contributed by atoms with Crippen LogP contribution in [0.1, 0.15) is 20.3 Å². The molecule has 0 spiro atoms. The van der Waals surface area contributed by atoms with Gasteiger partial charge >= 0.3 is 0 Å². The molecule has 1 aromatic heterocycles. The lowest BCUT2D eigenvalue weighted by atomic mass is 10.1. The van der Waals surface area contributed by atoms with E-state index in [0.29, 0.717) is 17.6 Å². The SMILES string of the molecule is CCC1COC(C)CN1c1ccc(N)c(OC)n1. The zero-order valence-corrected chi connectivity index (χ0v) is 11.2. The molecule has 0 radical (unpaired) electrons. The van der Waals surface area contributed by atoms with E-state index in [-0.39, 0.29) is 6.10 Å². The normalized spacial score (nSPS) is 24.1. The highest BCUT2D eigenvalue weighted by Gasteiger charge is 2.26. The van der Waals surface area contributed by atoms with E-state index in [4.69, 9.17) is 15.2 Å². The van der Waals surface area contributed by atoms with Gasteiger partial charge in [0.15, 0.2) is 0 Å². The molecule has 1 aliphatic rings. The van der Waals surface area contributed by atoms with Crippen molar-refractivity contribution in [3.8, 4) is 5.88 Å². The molecule has 0 saturated carbocycles. The minimum atomic E-state index is 0.221. The number of nitrogens with zero attached hydrogens (tertiary/aromatic N) is 2. The number of methoxy groups -OCH3 is 1. The van der Waals surface area contributed by atoms with Crippen LogP contribution in [0.25, 0.3) is 0 Å². The van der Waals surface area contributed by atoms with Crippen molar-refractivity contribution in [1.82, 2.24) is 4.98 Å². The van der Waals surface area contributed by atoms with Crippen molar-refractivity contribution >= 4 is 11.5 Å². The first-order chi connectivity index (χ1) is 8.65. The molecule has 1 fully saturated rings. The zero-order valence-electron chi connectivity index (χ0n) is 11.2. The molecule has 5 nitrogen and oxygen atoms in total. The molecule has 1 saturated heterocycles. The van der Waals surface area contributed by atoms with E-state index in [9.17, 15) is 0 Å². The molecule has 2 rings (SSSR count). The lowest BCUT2D eigenvalue weighted by Crippen LogP contribution is -2.49. The highest BCUT2D eigenvalue weighted by Crippen LogP contribution is 2.26. The van der Waals surface area contributed by atoms with Crippen LogP contribution in [-0.4, -0.2) is 37.4 Å². The summed E-state index contributed by atoms with van der Waals surface area (Å²) in [7, 11) is 1.59. The molecule has 2 atom stereocenters. The lowest BCUT2D eigenvalue weighted by molar-refractivity contribution is 0.0296. The van der Waals surface area contributed by atoms with Gasteiger partial charge in [-0.25, -0.2) is 0 Å². The number of hydrogen-bond donors (Lipinski definition) is 1. The summed E-state index contributed by atoms with van der Waals surface area (Å²) in [4.78, 5) is 6.74. The van der Waals surface area contributed by atoms with Gasteiger partial charge in [-0.2, -0.15) is 4.98 Å². The summed E-state index contributed by atoms with van der Waals surface area (Å²) in [5.74, 6) is 1.39. The van der Waals surface area contributed by atoms with Crippen LogP contribution in [0, 0.1) is 0 Å². The first-order valence-electron chi connectivity index (χ1n) is 6.34. The Morgan fingerprint density at radius 2 is 2.33 bits per heavy atom. The van der Waals surface area contributed by atoms with Gasteiger partial charge in [-0.15, -0.1) is 0 Å². The molecule has 100 valence electrons. The second-order valence-electron chi connectivity index (χ2n) is 4.63. The summed E-state index contributed by atoms with van der Waals surface area (Å²) < 4.78 is 10.9. The predicted molar refractivity (Wildman–Crippen MR) is 72.0 cm³/mol. The van der Waals surface area contributed by atoms with Crippen molar-refractivity contribution < 1.29 is 9.47 Å². The first kappa shape index (κ1) is 13.0. The number of anilines is 2. The Morgan fingerprint density at radius 1 is 1.56 bits per heavy atom. The van der Waals surface area contributed by atoms with E-state index in [0.717, 1.165) is 25.4 Å². The van der Waals surface area contributed by atoms with Crippen LogP contribution in [0.3, 0.4) is 0 Å². The molecule has 1 aromatic rings. The molecule has 18 heavy (non-hydrogen) atoms. The number of nitrogen functional groups attached to an aromatic ring is 1. The Morgan fingerprint density at radius 3 is 3.00 bits per heavy atom. The van der Waals surface area contributed by atoms with Gasteiger partial charge in [0, 0.05) is 6.54 Å². The van der Waals surface area contributed by atoms with E-state index >= 15 is 0 Å². The summed E-state index contributed by atoms with van der Waals surface area (Å²) in [6, 6.07) is 4.15. The van der Waals surface area contributed by atoms with Crippen molar-refractivity contribution in [3.05, 3.63) is 12.1 Å². The van der Waals surface area contributed by atoms with Crippen molar-refractivity contribution in [1.29, 1.82) is 0 Å². The van der Waals surface area contributed by atoms with Crippen LogP contribution >= 0.6 is 0 Å². The summed E-state index contributed by atoms with van der Waals surface area (Å²) in [6.45, 7) is 5.82. The van der Waals surface area contributed by atoms with E-state index < -0.39 is 0 Å². The monoisotopic (exact) mass is 251 g/mol. The Bertz CT molecular complexity index is 411. The Kier molecular flexibility index (Phi) is 3.91. The number of rotatable bonds is 3. The molecule has 0 aliphatic carbocycles.